The number of amides is 2. The lowest BCUT2D eigenvalue weighted by Gasteiger charge is -2.21. The van der Waals surface area contributed by atoms with E-state index in [2.05, 4.69) is 15.6 Å². The van der Waals surface area contributed by atoms with Gasteiger partial charge in [0.1, 0.15) is 0 Å². The second-order valence-corrected chi connectivity index (χ2v) is 4.68. The summed E-state index contributed by atoms with van der Waals surface area (Å²) in [4.78, 5) is 27.6. The lowest BCUT2D eigenvalue weighted by Crippen LogP contribution is -2.50. The van der Waals surface area contributed by atoms with Crippen molar-refractivity contribution >= 4 is 23.2 Å². The SMILES string of the molecule is Cc1ncsc1CNC1CCC(=O)NC1=O. The molecule has 2 amide bonds. The third kappa shape index (κ3) is 2.45. The Balaban J connectivity index is 1.89. The molecule has 2 rings (SSSR count). The van der Waals surface area contributed by atoms with Crippen LogP contribution in [0.3, 0.4) is 0 Å². The van der Waals surface area contributed by atoms with Crippen LogP contribution in [0.5, 0.6) is 0 Å². The molecule has 5 nitrogen and oxygen atoms in total. The van der Waals surface area contributed by atoms with Crippen LogP contribution in [0.2, 0.25) is 0 Å². The van der Waals surface area contributed by atoms with Gasteiger partial charge in [-0.15, -0.1) is 11.3 Å². The summed E-state index contributed by atoms with van der Waals surface area (Å²) in [5, 5.41) is 5.46. The highest BCUT2D eigenvalue weighted by Crippen LogP contribution is 2.13. The normalized spacial score (nSPS) is 20.9. The van der Waals surface area contributed by atoms with Crippen molar-refractivity contribution in [3.05, 3.63) is 16.1 Å². The van der Waals surface area contributed by atoms with Gasteiger partial charge in [-0.25, -0.2) is 4.98 Å². The number of piperidine rings is 1. The van der Waals surface area contributed by atoms with E-state index in [0.717, 1.165) is 10.6 Å². The minimum Gasteiger partial charge on any atom is -0.301 e. The number of aryl methyl sites for hydroxylation is 1. The van der Waals surface area contributed by atoms with E-state index in [1.807, 2.05) is 6.92 Å². The number of thiazole rings is 1. The topological polar surface area (TPSA) is 71.1 Å². The number of hydrogen-bond acceptors (Lipinski definition) is 5. The molecule has 86 valence electrons. The summed E-state index contributed by atoms with van der Waals surface area (Å²) in [5.41, 5.74) is 2.78. The second kappa shape index (κ2) is 4.71. The Morgan fingerprint density at radius 3 is 3.06 bits per heavy atom. The molecule has 0 radical (unpaired) electrons. The maximum absolute atomic E-state index is 11.4. The first-order chi connectivity index (χ1) is 7.66. The number of aromatic nitrogens is 1. The molecule has 1 fully saturated rings. The largest absolute Gasteiger partial charge is 0.301 e. The van der Waals surface area contributed by atoms with E-state index in [9.17, 15) is 9.59 Å². The zero-order chi connectivity index (χ0) is 11.5. The van der Waals surface area contributed by atoms with Crippen molar-refractivity contribution in [3.8, 4) is 0 Å². The van der Waals surface area contributed by atoms with Gasteiger partial charge in [-0.2, -0.15) is 0 Å². The highest BCUT2D eigenvalue weighted by molar-refractivity contribution is 7.09. The maximum atomic E-state index is 11.4. The van der Waals surface area contributed by atoms with Crippen molar-refractivity contribution < 1.29 is 9.59 Å². The number of hydrogen-bond donors (Lipinski definition) is 2. The molecule has 0 aromatic carbocycles. The van der Waals surface area contributed by atoms with Crippen LogP contribution in [0, 0.1) is 6.92 Å². The molecule has 0 spiro atoms. The van der Waals surface area contributed by atoms with Crippen LogP contribution in [0.1, 0.15) is 23.4 Å². The van der Waals surface area contributed by atoms with E-state index < -0.39 is 0 Å². The minimum absolute atomic E-state index is 0.183. The summed E-state index contributed by atoms with van der Waals surface area (Å²) in [7, 11) is 0. The van der Waals surface area contributed by atoms with Crippen molar-refractivity contribution in [2.45, 2.75) is 32.4 Å². The van der Waals surface area contributed by atoms with Crippen LogP contribution in [-0.4, -0.2) is 22.8 Å². The van der Waals surface area contributed by atoms with Crippen LogP contribution < -0.4 is 10.6 Å². The molecule has 2 heterocycles. The summed E-state index contributed by atoms with van der Waals surface area (Å²) in [6.45, 7) is 2.57. The molecule has 1 aromatic heterocycles. The predicted octanol–water partition coefficient (Wildman–Crippen LogP) is 0.346. The van der Waals surface area contributed by atoms with Crippen LogP contribution in [-0.2, 0) is 16.1 Å². The molecule has 1 unspecified atom stereocenters. The fraction of sp³-hybridized carbons (Fsp3) is 0.500. The summed E-state index contributed by atoms with van der Waals surface area (Å²) < 4.78 is 0. The highest BCUT2D eigenvalue weighted by Gasteiger charge is 2.25. The van der Waals surface area contributed by atoms with Crippen LogP contribution in [0.4, 0.5) is 0 Å². The molecule has 6 heteroatoms. The Morgan fingerprint density at radius 1 is 1.62 bits per heavy atom. The first-order valence-electron chi connectivity index (χ1n) is 5.13. The first kappa shape index (κ1) is 11.2. The summed E-state index contributed by atoms with van der Waals surface area (Å²) in [6, 6.07) is -0.265. The molecule has 2 N–H and O–H groups in total. The van der Waals surface area contributed by atoms with Crippen molar-refractivity contribution in [2.75, 3.05) is 0 Å². The molecule has 1 saturated heterocycles. The second-order valence-electron chi connectivity index (χ2n) is 3.75. The fourth-order valence-electron chi connectivity index (χ4n) is 1.60. The molecule has 1 aromatic rings. The van der Waals surface area contributed by atoms with Crippen molar-refractivity contribution in [1.29, 1.82) is 0 Å². The average Bonchev–Trinajstić information content (AvgIpc) is 2.63. The van der Waals surface area contributed by atoms with Gasteiger partial charge in [0.25, 0.3) is 0 Å². The van der Waals surface area contributed by atoms with Crippen molar-refractivity contribution in [2.24, 2.45) is 0 Å². The standard InChI is InChI=1S/C10H13N3O2S/c1-6-8(16-5-12-6)4-11-7-2-3-9(14)13-10(7)15/h5,7,11H,2-4H2,1H3,(H,13,14,15). The molecule has 1 aliphatic heterocycles. The molecule has 0 bridgehead atoms. The van der Waals surface area contributed by atoms with Gasteiger partial charge >= 0.3 is 0 Å². The lowest BCUT2D eigenvalue weighted by atomic mass is 10.1. The molecule has 1 atom stereocenters. The molecule has 0 saturated carbocycles. The van der Waals surface area contributed by atoms with E-state index in [0.29, 0.717) is 19.4 Å². The number of carbonyl (C=O) groups excluding carboxylic acids is 2. The molecule has 16 heavy (non-hydrogen) atoms. The van der Waals surface area contributed by atoms with Crippen LogP contribution in [0.15, 0.2) is 5.51 Å². The van der Waals surface area contributed by atoms with Gasteiger partial charge in [0.2, 0.25) is 11.8 Å². The first-order valence-corrected chi connectivity index (χ1v) is 6.01. The smallest absolute Gasteiger partial charge is 0.243 e. The van der Waals surface area contributed by atoms with Gasteiger partial charge in [0.15, 0.2) is 0 Å². The maximum Gasteiger partial charge on any atom is 0.243 e. The monoisotopic (exact) mass is 239 g/mol. The van der Waals surface area contributed by atoms with E-state index in [1.165, 1.54) is 0 Å². The Kier molecular flexibility index (Phi) is 3.31. The Morgan fingerprint density at radius 2 is 2.44 bits per heavy atom. The van der Waals surface area contributed by atoms with Gasteiger partial charge in [-0.05, 0) is 13.3 Å². The number of carbonyl (C=O) groups is 2. The number of rotatable bonds is 3. The Hall–Kier alpha value is -1.27. The minimum atomic E-state index is -0.265. The third-order valence-electron chi connectivity index (χ3n) is 2.59. The highest BCUT2D eigenvalue weighted by atomic mass is 32.1. The van der Waals surface area contributed by atoms with E-state index in [-0.39, 0.29) is 17.9 Å². The van der Waals surface area contributed by atoms with Gasteiger partial charge < -0.3 is 5.32 Å². The van der Waals surface area contributed by atoms with Gasteiger partial charge in [0, 0.05) is 17.8 Å². The summed E-state index contributed by atoms with van der Waals surface area (Å²) in [6.07, 6.45) is 0.980. The van der Waals surface area contributed by atoms with E-state index in [1.54, 1.807) is 16.8 Å². The Labute approximate surface area is 97.3 Å². The zero-order valence-electron chi connectivity index (χ0n) is 8.95. The quantitative estimate of drug-likeness (QED) is 0.746. The predicted molar refractivity (Wildman–Crippen MR) is 59.9 cm³/mol. The molecular weight excluding hydrogens is 226 g/mol. The number of imide groups is 1. The number of nitrogens with one attached hydrogen (secondary N) is 2. The zero-order valence-corrected chi connectivity index (χ0v) is 9.76. The Bertz CT molecular complexity index is 416. The fourth-order valence-corrected chi connectivity index (χ4v) is 2.33. The van der Waals surface area contributed by atoms with Gasteiger partial charge in [-0.1, -0.05) is 0 Å². The summed E-state index contributed by atoms with van der Waals surface area (Å²) in [5.74, 6) is -0.407. The van der Waals surface area contributed by atoms with Gasteiger partial charge in [0.05, 0.1) is 17.2 Å². The van der Waals surface area contributed by atoms with Crippen molar-refractivity contribution in [1.82, 2.24) is 15.6 Å². The lowest BCUT2D eigenvalue weighted by molar-refractivity contribution is -0.134. The molecule has 1 aliphatic rings. The van der Waals surface area contributed by atoms with Gasteiger partial charge in [-0.3, -0.25) is 14.9 Å². The van der Waals surface area contributed by atoms with Crippen LogP contribution in [0.25, 0.3) is 0 Å². The molecular formula is C10H13N3O2S. The van der Waals surface area contributed by atoms with Crippen LogP contribution >= 0.6 is 11.3 Å². The third-order valence-corrected chi connectivity index (χ3v) is 3.53. The number of nitrogens with zero attached hydrogens (tertiary/aromatic N) is 1. The summed E-state index contributed by atoms with van der Waals surface area (Å²) >= 11 is 1.57. The van der Waals surface area contributed by atoms with Crippen molar-refractivity contribution in [3.63, 3.8) is 0 Å². The van der Waals surface area contributed by atoms with E-state index >= 15 is 0 Å². The molecule has 0 aliphatic carbocycles. The van der Waals surface area contributed by atoms with E-state index in [4.69, 9.17) is 0 Å². The average molecular weight is 239 g/mol.